The normalized spacial score (nSPS) is 14.2. The summed E-state index contributed by atoms with van der Waals surface area (Å²) in [5, 5.41) is 5.23. The van der Waals surface area contributed by atoms with Crippen LogP contribution in [0, 0.1) is 0 Å². The van der Waals surface area contributed by atoms with Gasteiger partial charge in [0.05, 0.1) is 0 Å². The van der Waals surface area contributed by atoms with Crippen LogP contribution in [-0.4, -0.2) is 41.3 Å². The van der Waals surface area contributed by atoms with Crippen molar-refractivity contribution < 1.29 is 23.9 Å². The van der Waals surface area contributed by atoms with E-state index in [2.05, 4.69) is 10.6 Å². The molecule has 0 aromatic rings. The minimum absolute atomic E-state index is 0.452. The van der Waals surface area contributed by atoms with E-state index in [0.29, 0.717) is 25.7 Å². The van der Waals surface area contributed by atoms with Crippen LogP contribution in [0.3, 0.4) is 0 Å². The molecule has 152 valence electrons. The Morgan fingerprint density at radius 2 is 1.04 bits per heavy atom. The van der Waals surface area contributed by atoms with Gasteiger partial charge in [0.25, 0.3) is 0 Å². The number of amides is 2. The molecule has 0 aromatic heterocycles. The van der Waals surface area contributed by atoms with E-state index in [0.717, 1.165) is 0 Å². The molecule has 0 bridgehead atoms. The van der Waals surface area contributed by atoms with Crippen molar-refractivity contribution in [3.05, 3.63) is 0 Å². The van der Waals surface area contributed by atoms with Gasteiger partial charge in [-0.25, -0.2) is 14.4 Å². The summed E-state index contributed by atoms with van der Waals surface area (Å²) in [5.41, 5.74) is -1.27. The Hall–Kier alpha value is -1.79. The quantitative estimate of drug-likeness (QED) is 0.638. The predicted molar refractivity (Wildman–Crippen MR) is 101 cm³/mol. The van der Waals surface area contributed by atoms with Gasteiger partial charge in [0, 0.05) is 0 Å². The first kappa shape index (κ1) is 24.2. The second kappa shape index (κ2) is 10.4. The first-order chi connectivity index (χ1) is 11.8. The highest BCUT2D eigenvalue weighted by atomic mass is 16.6. The number of nitrogens with one attached hydrogen (secondary N) is 2. The molecule has 0 heterocycles. The number of urea groups is 1. The standard InChI is InChI=1S/C19H36N2O5/c1-9-11-13(15(22)25-18(3,4)5)20-17(24)21-14(12-10-2)16(23)26-19(6,7)8/h13-14H,9-12H2,1-8H3,(H2,20,21,24)/t13-,14?/m0/s1. The summed E-state index contributed by atoms with van der Waals surface area (Å²) in [6.07, 6.45) is 2.31. The Kier molecular flexibility index (Phi) is 9.67. The first-order valence-electron chi connectivity index (χ1n) is 9.31. The van der Waals surface area contributed by atoms with Crippen LogP contribution in [0.15, 0.2) is 0 Å². The third-order valence-corrected chi connectivity index (χ3v) is 3.15. The SMILES string of the molecule is CCCC(NC(=O)N[C@@H](CCC)C(=O)OC(C)(C)C)C(=O)OC(C)(C)C. The van der Waals surface area contributed by atoms with E-state index >= 15 is 0 Å². The van der Waals surface area contributed by atoms with Crippen molar-refractivity contribution in [1.29, 1.82) is 0 Å². The molecule has 0 fully saturated rings. The van der Waals surface area contributed by atoms with Gasteiger partial charge >= 0.3 is 18.0 Å². The van der Waals surface area contributed by atoms with E-state index in [9.17, 15) is 14.4 Å². The number of rotatable bonds is 8. The minimum atomic E-state index is -0.764. The van der Waals surface area contributed by atoms with Crippen molar-refractivity contribution in [3.63, 3.8) is 0 Å². The zero-order valence-corrected chi connectivity index (χ0v) is 17.5. The molecule has 2 atom stereocenters. The Morgan fingerprint density at radius 1 is 0.731 bits per heavy atom. The van der Waals surface area contributed by atoms with Crippen LogP contribution >= 0.6 is 0 Å². The van der Waals surface area contributed by atoms with Crippen molar-refractivity contribution in [1.82, 2.24) is 10.6 Å². The molecule has 0 saturated heterocycles. The first-order valence-corrected chi connectivity index (χ1v) is 9.31. The molecular weight excluding hydrogens is 336 g/mol. The maximum Gasteiger partial charge on any atom is 0.329 e. The molecule has 0 rings (SSSR count). The van der Waals surface area contributed by atoms with E-state index in [1.54, 1.807) is 41.5 Å². The van der Waals surface area contributed by atoms with E-state index in [4.69, 9.17) is 9.47 Å². The zero-order chi connectivity index (χ0) is 20.5. The van der Waals surface area contributed by atoms with Crippen molar-refractivity contribution in [3.8, 4) is 0 Å². The molecule has 0 spiro atoms. The third kappa shape index (κ3) is 10.9. The monoisotopic (exact) mass is 372 g/mol. The molecule has 0 aliphatic heterocycles. The average molecular weight is 373 g/mol. The van der Waals surface area contributed by atoms with Crippen LogP contribution in [0.4, 0.5) is 4.79 Å². The molecule has 1 unspecified atom stereocenters. The molecule has 0 aromatic carbocycles. The number of ether oxygens (including phenoxy) is 2. The number of carbonyl (C=O) groups excluding carboxylic acids is 3. The number of hydrogen-bond donors (Lipinski definition) is 2. The van der Waals surface area contributed by atoms with Gasteiger partial charge in [0.2, 0.25) is 0 Å². The molecule has 26 heavy (non-hydrogen) atoms. The topological polar surface area (TPSA) is 93.7 Å². The van der Waals surface area contributed by atoms with E-state index in [1.165, 1.54) is 0 Å². The lowest BCUT2D eigenvalue weighted by molar-refractivity contribution is -0.157. The molecule has 2 amide bonds. The maximum absolute atomic E-state index is 12.3. The van der Waals surface area contributed by atoms with Crippen LogP contribution in [0.25, 0.3) is 0 Å². The zero-order valence-electron chi connectivity index (χ0n) is 17.5. The van der Waals surface area contributed by atoms with Gasteiger partial charge < -0.3 is 20.1 Å². The molecule has 2 N–H and O–H groups in total. The highest BCUT2D eigenvalue weighted by Gasteiger charge is 2.29. The van der Waals surface area contributed by atoms with E-state index < -0.39 is 41.3 Å². The van der Waals surface area contributed by atoms with Gasteiger partial charge in [0.1, 0.15) is 23.3 Å². The van der Waals surface area contributed by atoms with Crippen LogP contribution in [0.2, 0.25) is 0 Å². The van der Waals surface area contributed by atoms with Crippen LogP contribution < -0.4 is 10.6 Å². The number of esters is 2. The molecule has 0 aliphatic carbocycles. The lowest BCUT2D eigenvalue weighted by Gasteiger charge is -2.26. The van der Waals surface area contributed by atoms with Crippen molar-refractivity contribution in [2.24, 2.45) is 0 Å². The Labute approximate surface area is 157 Å². The van der Waals surface area contributed by atoms with Crippen LogP contribution in [0.1, 0.15) is 81.1 Å². The van der Waals surface area contributed by atoms with Gasteiger partial charge in [-0.1, -0.05) is 26.7 Å². The lowest BCUT2D eigenvalue weighted by Crippen LogP contribution is -2.52. The summed E-state index contributed by atoms with van der Waals surface area (Å²) < 4.78 is 10.7. The summed E-state index contributed by atoms with van der Waals surface area (Å²) >= 11 is 0. The largest absolute Gasteiger partial charge is 0.458 e. The smallest absolute Gasteiger partial charge is 0.329 e. The van der Waals surface area contributed by atoms with Gasteiger partial charge in [0.15, 0.2) is 0 Å². The van der Waals surface area contributed by atoms with Crippen LogP contribution in [0.5, 0.6) is 0 Å². The molecule has 7 heteroatoms. The van der Waals surface area contributed by atoms with Crippen molar-refractivity contribution in [2.75, 3.05) is 0 Å². The molecule has 0 radical (unpaired) electrons. The number of hydrogen-bond acceptors (Lipinski definition) is 5. The highest BCUT2D eigenvalue weighted by molar-refractivity contribution is 5.87. The summed E-state index contributed by atoms with van der Waals surface area (Å²) in [5.74, 6) is -0.974. The molecule has 7 nitrogen and oxygen atoms in total. The summed E-state index contributed by atoms with van der Waals surface area (Å²) in [6.45, 7) is 14.5. The third-order valence-electron chi connectivity index (χ3n) is 3.15. The molecular formula is C19H36N2O5. The fourth-order valence-electron chi connectivity index (χ4n) is 2.18. The fraction of sp³-hybridized carbons (Fsp3) is 0.842. The second-order valence-electron chi connectivity index (χ2n) is 8.37. The second-order valence-corrected chi connectivity index (χ2v) is 8.37. The summed E-state index contributed by atoms with van der Waals surface area (Å²) in [6, 6.07) is -2.11. The van der Waals surface area contributed by atoms with Gasteiger partial charge in [-0.15, -0.1) is 0 Å². The summed E-state index contributed by atoms with van der Waals surface area (Å²) in [7, 11) is 0. The van der Waals surface area contributed by atoms with Crippen LogP contribution in [-0.2, 0) is 19.1 Å². The fourth-order valence-corrected chi connectivity index (χ4v) is 2.18. The van der Waals surface area contributed by atoms with Gasteiger partial charge in [-0.3, -0.25) is 0 Å². The van der Waals surface area contributed by atoms with E-state index in [-0.39, 0.29) is 0 Å². The maximum atomic E-state index is 12.3. The van der Waals surface area contributed by atoms with Gasteiger partial charge in [-0.2, -0.15) is 0 Å². The molecule has 0 aliphatic rings. The molecule has 0 saturated carbocycles. The van der Waals surface area contributed by atoms with Gasteiger partial charge in [-0.05, 0) is 54.4 Å². The Balaban J connectivity index is 4.94. The minimum Gasteiger partial charge on any atom is -0.458 e. The Bertz CT molecular complexity index is 435. The lowest BCUT2D eigenvalue weighted by atomic mass is 10.1. The van der Waals surface area contributed by atoms with Crippen molar-refractivity contribution in [2.45, 2.75) is 104 Å². The Morgan fingerprint density at radius 3 is 1.27 bits per heavy atom. The predicted octanol–water partition coefficient (Wildman–Crippen LogP) is 3.31. The average Bonchev–Trinajstić information content (AvgIpc) is 2.42. The van der Waals surface area contributed by atoms with E-state index in [1.807, 2.05) is 13.8 Å². The summed E-state index contributed by atoms with van der Waals surface area (Å²) in [4.78, 5) is 36.8. The highest BCUT2D eigenvalue weighted by Crippen LogP contribution is 2.12. The number of carbonyl (C=O) groups is 3. The van der Waals surface area contributed by atoms with Crippen molar-refractivity contribution >= 4 is 18.0 Å².